The van der Waals surface area contributed by atoms with Gasteiger partial charge in [-0.15, -0.1) is 0 Å². The molecule has 0 bridgehead atoms. The zero-order valence-electron chi connectivity index (χ0n) is 46.6. The van der Waals surface area contributed by atoms with Crippen LogP contribution in [0.15, 0.2) is 180 Å². The number of hydrogen-bond acceptors (Lipinski definition) is 26. The largest absolute Gasteiger partial charge is 1.00 e. The van der Waals surface area contributed by atoms with E-state index in [1.807, 2.05) is 72.8 Å². The van der Waals surface area contributed by atoms with Gasteiger partial charge in [-0.25, -0.2) is 0 Å². The van der Waals surface area contributed by atoms with Crippen LogP contribution in [0.2, 0.25) is 0 Å². The summed E-state index contributed by atoms with van der Waals surface area (Å²) in [6.07, 6.45) is 2.48. The van der Waals surface area contributed by atoms with Gasteiger partial charge in [-0.3, -0.25) is 9.11 Å². The van der Waals surface area contributed by atoms with Gasteiger partial charge >= 0.3 is 59.1 Å². The molecule has 0 fully saturated rings. The Labute approximate surface area is 532 Å². The monoisotopic (exact) mass is 1210 g/mol. The van der Waals surface area contributed by atoms with Crippen molar-refractivity contribution in [3.05, 3.63) is 181 Å². The van der Waals surface area contributed by atoms with Gasteiger partial charge in [0.15, 0.2) is 0 Å². The molecule has 6 aromatic heterocycles. The fraction of sp³-hybridized carbons (Fsp3) is 0. The summed E-state index contributed by atoms with van der Waals surface area (Å²) in [6.45, 7) is 0. The van der Waals surface area contributed by atoms with Crippen LogP contribution in [0.3, 0.4) is 0 Å². The summed E-state index contributed by atoms with van der Waals surface area (Å²) < 4.78 is 79.2. The quantitative estimate of drug-likeness (QED) is 0.0293. The Kier molecular flexibility index (Phi) is 17.9. The molecule has 0 aliphatic carbocycles. The molecular formula is C50H40N26Na2O6S2. The van der Waals surface area contributed by atoms with E-state index in [1.54, 1.807) is 48.5 Å². The van der Waals surface area contributed by atoms with E-state index in [4.69, 9.17) is 0 Å². The average Bonchev–Trinajstić information content (AvgIpc) is 1.90. The van der Waals surface area contributed by atoms with E-state index >= 15 is 0 Å². The van der Waals surface area contributed by atoms with Gasteiger partial charge in [0, 0.05) is 23.5 Å². The number of nitrogens with zero attached hydrogens (tertiary/aromatic N) is 20. The predicted molar refractivity (Wildman–Crippen MR) is 304 cm³/mol. The SMILES string of the molecule is O=S(=O)(O)c1cc(Nc2nc(Nc3nnnn3-c3ccccc3)cc(Nc3nnnn3-c3ccccc3)n2)ccc1C=Cc1ccc(Nc2nc(Nc3nnnn3-c3ccccc3)cc(Nc3nnnn3-c3ccccc3)n2)cc1S(=O)(=O)O.[H-].[H-].[Na+].[Na+]. The fourth-order valence-corrected chi connectivity index (χ4v) is 9.56. The van der Waals surface area contributed by atoms with E-state index in [0.717, 1.165) is 12.1 Å². The van der Waals surface area contributed by atoms with Gasteiger partial charge < -0.3 is 34.8 Å². The normalized spacial score (nSPS) is 11.3. The van der Waals surface area contributed by atoms with E-state index in [1.165, 1.54) is 67.3 Å². The average molecular weight is 1210 g/mol. The molecule has 0 amide bonds. The van der Waals surface area contributed by atoms with Crippen molar-refractivity contribution >= 4 is 103 Å². The first-order valence-corrected chi connectivity index (χ1v) is 27.4. The molecule has 0 aliphatic rings. The molecule has 12 rings (SSSR count). The zero-order valence-corrected chi connectivity index (χ0v) is 50.2. The number of anilines is 12. The maximum absolute atomic E-state index is 13.1. The summed E-state index contributed by atoms with van der Waals surface area (Å²) >= 11 is 0. The second kappa shape index (κ2) is 25.9. The fourth-order valence-electron chi connectivity index (χ4n) is 8.14. The summed E-state index contributed by atoms with van der Waals surface area (Å²) in [7, 11) is -9.97. The van der Waals surface area contributed by atoms with E-state index in [0.29, 0.717) is 22.7 Å². The van der Waals surface area contributed by atoms with Crippen molar-refractivity contribution in [2.45, 2.75) is 9.79 Å². The van der Waals surface area contributed by atoms with Gasteiger partial charge in [-0.2, -0.15) is 55.5 Å². The van der Waals surface area contributed by atoms with Crippen molar-refractivity contribution < 1.29 is 87.9 Å². The van der Waals surface area contributed by atoms with Gasteiger partial charge in [0.2, 0.25) is 11.9 Å². The van der Waals surface area contributed by atoms with Crippen molar-refractivity contribution in [1.29, 1.82) is 0 Å². The molecule has 0 saturated carbocycles. The number of rotatable bonds is 20. The molecule has 86 heavy (non-hydrogen) atoms. The van der Waals surface area contributed by atoms with Crippen LogP contribution < -0.4 is 91.0 Å². The van der Waals surface area contributed by atoms with Crippen molar-refractivity contribution in [2.24, 2.45) is 0 Å². The maximum atomic E-state index is 13.1. The van der Waals surface area contributed by atoms with Crippen molar-refractivity contribution in [2.75, 3.05) is 31.9 Å². The van der Waals surface area contributed by atoms with Gasteiger partial charge in [-0.1, -0.05) is 117 Å². The Morgan fingerprint density at radius 2 is 0.628 bits per heavy atom. The number of aromatic nitrogens is 20. The van der Waals surface area contributed by atoms with Crippen LogP contribution in [0.4, 0.5) is 70.3 Å². The molecule has 36 heteroatoms. The number of benzene rings is 6. The number of nitrogens with one attached hydrogen (secondary N) is 6. The van der Waals surface area contributed by atoms with Crippen LogP contribution in [0.25, 0.3) is 34.9 Å². The summed E-state index contributed by atoms with van der Waals surface area (Å²) in [5.74, 6) is 1.14. The molecule has 0 radical (unpaired) electrons. The minimum absolute atomic E-state index is 0. The van der Waals surface area contributed by atoms with Gasteiger partial charge in [0.1, 0.15) is 33.1 Å². The van der Waals surface area contributed by atoms with Crippen molar-refractivity contribution in [1.82, 2.24) is 101 Å². The minimum Gasteiger partial charge on any atom is -1.00 e. The third kappa shape index (κ3) is 13.9. The summed E-state index contributed by atoms with van der Waals surface area (Å²) in [5, 5.41) is 66.4. The molecule has 0 atom stereocenters. The number of para-hydroxylation sites is 4. The van der Waals surface area contributed by atoms with Crippen molar-refractivity contribution in [3.63, 3.8) is 0 Å². The van der Waals surface area contributed by atoms with Crippen LogP contribution in [0.5, 0.6) is 0 Å². The standard InChI is InChI=1S/C50H38N26O6S2.2Na.2H/c77-83(78,79)39-27-33(51-45-53-41(57-47-61-65-69-73(47)35-13-5-1-6-14-35)29-42(54-45)58-48-62-66-70-74(48)36-15-7-2-8-16-36)25-23-31(39)21-22-32-24-26-34(28-40(32)84(80,81)82)52-46-55-43(59-49-63-67-71-75(49)37-17-9-3-10-18-37)30-44(56-46)60-50-64-68-72-76(50)38-19-11-4-12-20-38;;;;/h1-30H,(H,77,78,79)(H,80,81,82)(H3,51,53,54,57,58,61,62,69,70)(H3,52,55,56,59,60,63,64,71,72);;;;/q;2*+1;2*-1. The molecule has 12 aromatic rings. The molecule has 8 N–H and O–H groups in total. The van der Waals surface area contributed by atoms with Gasteiger partial charge in [0.25, 0.3) is 44.0 Å². The molecule has 0 saturated heterocycles. The molecule has 32 nitrogen and oxygen atoms in total. The minimum atomic E-state index is -4.99. The molecule has 0 unspecified atom stereocenters. The Hall–Kier alpha value is -9.88. The Morgan fingerprint density at radius 1 is 0.360 bits per heavy atom. The molecular weight excluding hydrogens is 1170 g/mol. The summed E-state index contributed by atoms with van der Waals surface area (Å²) in [4.78, 5) is 17.2. The van der Waals surface area contributed by atoms with E-state index in [2.05, 4.69) is 114 Å². The third-order valence-corrected chi connectivity index (χ3v) is 13.6. The smallest absolute Gasteiger partial charge is 1.00 e. The second-order valence-electron chi connectivity index (χ2n) is 17.5. The van der Waals surface area contributed by atoms with E-state index < -0.39 is 30.0 Å². The van der Waals surface area contributed by atoms with E-state index in [-0.39, 0.29) is 143 Å². The Morgan fingerprint density at radius 3 is 0.884 bits per heavy atom. The van der Waals surface area contributed by atoms with Crippen LogP contribution in [0.1, 0.15) is 14.0 Å². The maximum Gasteiger partial charge on any atom is 1.00 e. The van der Waals surface area contributed by atoms with Crippen LogP contribution in [-0.4, -0.2) is 127 Å². The molecule has 0 aliphatic heterocycles. The van der Waals surface area contributed by atoms with Crippen LogP contribution in [0, 0.1) is 0 Å². The molecule has 6 heterocycles. The topological polar surface area (TPSA) is 407 Å². The predicted octanol–water partition coefficient (Wildman–Crippen LogP) is 0.528. The first-order valence-electron chi connectivity index (χ1n) is 24.5. The molecule has 420 valence electrons. The summed E-state index contributed by atoms with van der Waals surface area (Å²) in [5.41, 5.74) is 2.56. The number of tetrazole rings is 4. The van der Waals surface area contributed by atoms with E-state index in [9.17, 15) is 25.9 Å². The molecule has 6 aromatic carbocycles. The zero-order chi connectivity index (χ0) is 57.6. The van der Waals surface area contributed by atoms with Crippen molar-refractivity contribution in [3.8, 4) is 22.7 Å². The first kappa shape index (κ1) is 59.3. The van der Waals surface area contributed by atoms with Gasteiger partial charge in [-0.05, 0) is 126 Å². The first-order chi connectivity index (χ1) is 40.8. The molecule has 0 spiro atoms. The third-order valence-electron chi connectivity index (χ3n) is 11.8. The Balaban J connectivity index is 0.00000251. The second-order valence-corrected chi connectivity index (χ2v) is 20.2. The van der Waals surface area contributed by atoms with Crippen LogP contribution >= 0.6 is 0 Å². The van der Waals surface area contributed by atoms with Crippen LogP contribution in [-0.2, 0) is 20.2 Å². The Bertz CT molecular complexity index is 4130. The number of hydrogen-bond donors (Lipinski definition) is 8. The van der Waals surface area contributed by atoms with Gasteiger partial charge in [0.05, 0.1) is 22.7 Å². The summed E-state index contributed by atoms with van der Waals surface area (Å²) in [6, 6.07) is 47.2.